The largest absolute Gasteiger partial charge is 0.369 e. The van der Waals surface area contributed by atoms with Crippen molar-refractivity contribution < 1.29 is 4.52 Å². The van der Waals surface area contributed by atoms with E-state index >= 15 is 0 Å². The van der Waals surface area contributed by atoms with Crippen molar-refractivity contribution in [1.82, 2.24) is 30.0 Å². The molecule has 0 aliphatic carbocycles. The van der Waals surface area contributed by atoms with Crippen molar-refractivity contribution in [3.05, 3.63) is 48.5 Å². The lowest BCUT2D eigenvalue weighted by Crippen LogP contribution is -2.31. The molecule has 0 bridgehead atoms. The molecule has 0 spiro atoms. The molecule has 8 nitrogen and oxygen atoms in total. The van der Waals surface area contributed by atoms with Gasteiger partial charge in [0.2, 0.25) is 11.7 Å². The van der Waals surface area contributed by atoms with Crippen LogP contribution < -0.4 is 5.32 Å². The lowest BCUT2D eigenvalue weighted by molar-refractivity contribution is 0.248. The van der Waals surface area contributed by atoms with Gasteiger partial charge in [0.25, 0.3) is 0 Å². The number of rotatable bonds is 6. The molecule has 1 unspecified atom stereocenters. The van der Waals surface area contributed by atoms with Crippen LogP contribution in [0.3, 0.4) is 0 Å². The van der Waals surface area contributed by atoms with Crippen molar-refractivity contribution in [2.24, 2.45) is 0 Å². The summed E-state index contributed by atoms with van der Waals surface area (Å²) in [5.74, 6) is 2.46. The molecule has 1 aliphatic rings. The zero-order chi connectivity index (χ0) is 18.5. The van der Waals surface area contributed by atoms with Crippen molar-refractivity contribution in [2.75, 3.05) is 32.0 Å². The van der Waals surface area contributed by atoms with E-state index in [1.807, 2.05) is 12.1 Å². The Labute approximate surface area is 158 Å². The van der Waals surface area contributed by atoms with E-state index in [4.69, 9.17) is 4.52 Å². The number of nitrogens with one attached hydrogen (secondary N) is 1. The minimum absolute atomic E-state index is 0.477. The van der Waals surface area contributed by atoms with E-state index in [-0.39, 0.29) is 0 Å². The summed E-state index contributed by atoms with van der Waals surface area (Å²) in [6.45, 7) is 2.88. The monoisotopic (exact) mass is 365 g/mol. The second-order valence-electron chi connectivity index (χ2n) is 6.86. The van der Waals surface area contributed by atoms with Gasteiger partial charge in [-0.2, -0.15) is 4.98 Å². The zero-order valence-corrected chi connectivity index (χ0v) is 15.4. The second-order valence-corrected chi connectivity index (χ2v) is 6.86. The van der Waals surface area contributed by atoms with Gasteiger partial charge in [0, 0.05) is 49.5 Å². The van der Waals surface area contributed by atoms with Crippen LogP contribution in [0.2, 0.25) is 0 Å². The van der Waals surface area contributed by atoms with Crippen molar-refractivity contribution >= 4 is 5.82 Å². The van der Waals surface area contributed by atoms with Gasteiger partial charge < -0.3 is 14.7 Å². The highest BCUT2D eigenvalue weighted by molar-refractivity contribution is 5.51. The Morgan fingerprint density at radius 2 is 2.30 bits per heavy atom. The zero-order valence-electron chi connectivity index (χ0n) is 15.4. The van der Waals surface area contributed by atoms with Crippen LogP contribution in [0.25, 0.3) is 11.4 Å². The van der Waals surface area contributed by atoms with Crippen LogP contribution in [-0.4, -0.2) is 56.7 Å². The smallest absolute Gasteiger partial charge is 0.228 e. The summed E-state index contributed by atoms with van der Waals surface area (Å²) in [5, 5.41) is 7.34. The Bertz CT molecular complexity index is 867. The first-order valence-corrected chi connectivity index (χ1v) is 9.25. The SMILES string of the molecule is CN1CCCC(c2cc(NCCc3nc(-c4cccnc4)no3)ncn2)C1. The van der Waals surface area contributed by atoms with Gasteiger partial charge in [-0.3, -0.25) is 4.98 Å². The highest BCUT2D eigenvalue weighted by Crippen LogP contribution is 2.25. The van der Waals surface area contributed by atoms with Gasteiger partial charge in [-0.05, 0) is 38.6 Å². The van der Waals surface area contributed by atoms with Crippen LogP contribution in [-0.2, 0) is 6.42 Å². The molecule has 0 aromatic carbocycles. The third-order valence-corrected chi connectivity index (χ3v) is 4.76. The van der Waals surface area contributed by atoms with E-state index in [0.29, 0.717) is 30.6 Å². The molecule has 0 amide bonds. The van der Waals surface area contributed by atoms with Gasteiger partial charge in [-0.25, -0.2) is 9.97 Å². The van der Waals surface area contributed by atoms with Crippen LogP contribution in [0.1, 0.15) is 30.3 Å². The summed E-state index contributed by atoms with van der Waals surface area (Å²) < 4.78 is 5.32. The fourth-order valence-corrected chi connectivity index (χ4v) is 3.37. The molecular formula is C19H23N7O. The average Bonchev–Trinajstić information content (AvgIpc) is 3.18. The van der Waals surface area contributed by atoms with E-state index in [0.717, 1.165) is 30.2 Å². The Balaban J connectivity index is 1.33. The molecule has 0 saturated carbocycles. The molecule has 1 aliphatic heterocycles. The third kappa shape index (κ3) is 4.46. The quantitative estimate of drug-likeness (QED) is 0.712. The fourth-order valence-electron chi connectivity index (χ4n) is 3.37. The first-order valence-electron chi connectivity index (χ1n) is 9.25. The standard InChI is InChI=1S/C19H23N7O/c1-26-9-3-5-15(12-26)16-10-17(23-13-22-16)21-8-6-18-24-19(25-27-18)14-4-2-7-20-11-14/h2,4,7,10-11,13,15H,3,5-6,8-9,12H2,1H3,(H,21,22,23). The number of piperidine rings is 1. The Morgan fingerprint density at radius 3 is 3.15 bits per heavy atom. The molecule has 1 atom stereocenters. The molecule has 1 N–H and O–H groups in total. The van der Waals surface area contributed by atoms with E-state index in [1.165, 1.54) is 12.8 Å². The summed E-state index contributed by atoms with van der Waals surface area (Å²) in [5.41, 5.74) is 1.95. The number of nitrogens with zero attached hydrogens (tertiary/aromatic N) is 6. The van der Waals surface area contributed by atoms with Crippen molar-refractivity contribution in [2.45, 2.75) is 25.2 Å². The molecular weight excluding hydrogens is 342 g/mol. The molecule has 0 radical (unpaired) electrons. The molecule has 1 fully saturated rings. The first kappa shape index (κ1) is 17.5. The van der Waals surface area contributed by atoms with Gasteiger partial charge in [-0.1, -0.05) is 5.16 Å². The second kappa shape index (κ2) is 8.22. The Hall–Kier alpha value is -2.87. The van der Waals surface area contributed by atoms with Gasteiger partial charge in [-0.15, -0.1) is 0 Å². The summed E-state index contributed by atoms with van der Waals surface area (Å²) in [6.07, 6.45) is 8.09. The highest BCUT2D eigenvalue weighted by atomic mass is 16.5. The number of likely N-dealkylation sites (tertiary alicyclic amines) is 1. The number of likely N-dealkylation sites (N-methyl/N-ethyl adjacent to an activating group) is 1. The minimum atomic E-state index is 0.477. The van der Waals surface area contributed by atoms with E-state index in [1.54, 1.807) is 18.7 Å². The van der Waals surface area contributed by atoms with Gasteiger partial charge in [0.05, 0.1) is 5.69 Å². The van der Waals surface area contributed by atoms with E-state index < -0.39 is 0 Å². The van der Waals surface area contributed by atoms with Crippen molar-refractivity contribution in [3.63, 3.8) is 0 Å². The van der Waals surface area contributed by atoms with E-state index in [9.17, 15) is 0 Å². The lowest BCUT2D eigenvalue weighted by atomic mass is 9.95. The molecule has 3 aromatic rings. The number of hydrogen-bond acceptors (Lipinski definition) is 8. The highest BCUT2D eigenvalue weighted by Gasteiger charge is 2.20. The number of aromatic nitrogens is 5. The normalized spacial score (nSPS) is 17.7. The van der Waals surface area contributed by atoms with Crippen LogP contribution >= 0.6 is 0 Å². The molecule has 3 aromatic heterocycles. The molecule has 4 rings (SSSR count). The summed E-state index contributed by atoms with van der Waals surface area (Å²) >= 11 is 0. The van der Waals surface area contributed by atoms with Gasteiger partial charge in [0.15, 0.2) is 0 Å². The van der Waals surface area contributed by atoms with Crippen molar-refractivity contribution in [1.29, 1.82) is 0 Å². The molecule has 27 heavy (non-hydrogen) atoms. The predicted octanol–water partition coefficient (Wildman–Crippen LogP) is 2.39. The summed E-state index contributed by atoms with van der Waals surface area (Å²) in [4.78, 5) is 19.6. The number of anilines is 1. The average molecular weight is 365 g/mol. The first-order chi connectivity index (χ1) is 13.3. The topological polar surface area (TPSA) is 92.9 Å². The number of hydrogen-bond donors (Lipinski definition) is 1. The minimum Gasteiger partial charge on any atom is -0.369 e. The summed E-state index contributed by atoms with van der Waals surface area (Å²) in [7, 11) is 2.16. The van der Waals surface area contributed by atoms with Crippen LogP contribution in [0.15, 0.2) is 41.4 Å². The van der Waals surface area contributed by atoms with Crippen LogP contribution in [0.4, 0.5) is 5.82 Å². The maximum Gasteiger partial charge on any atom is 0.228 e. The predicted molar refractivity (Wildman–Crippen MR) is 101 cm³/mol. The summed E-state index contributed by atoms with van der Waals surface area (Å²) in [6, 6.07) is 5.81. The Morgan fingerprint density at radius 1 is 1.33 bits per heavy atom. The van der Waals surface area contributed by atoms with Crippen molar-refractivity contribution in [3.8, 4) is 11.4 Å². The number of pyridine rings is 1. The van der Waals surface area contributed by atoms with Crippen LogP contribution in [0.5, 0.6) is 0 Å². The van der Waals surface area contributed by atoms with Crippen LogP contribution in [0, 0.1) is 0 Å². The molecule has 140 valence electrons. The maximum atomic E-state index is 5.32. The fraction of sp³-hybridized carbons (Fsp3) is 0.421. The third-order valence-electron chi connectivity index (χ3n) is 4.76. The van der Waals surface area contributed by atoms with Gasteiger partial charge in [0.1, 0.15) is 12.1 Å². The van der Waals surface area contributed by atoms with E-state index in [2.05, 4.69) is 48.4 Å². The lowest BCUT2D eigenvalue weighted by Gasteiger charge is -2.29. The molecule has 4 heterocycles. The molecule has 1 saturated heterocycles. The Kier molecular flexibility index (Phi) is 5.34. The maximum absolute atomic E-state index is 5.32. The van der Waals surface area contributed by atoms with Gasteiger partial charge >= 0.3 is 0 Å². The molecule has 8 heteroatoms.